The molecule has 0 heterocycles. The molecule has 1 aromatic rings. The number of allylic oxidation sites excluding steroid dienone is 1. The van der Waals surface area contributed by atoms with E-state index in [0.29, 0.717) is 34.3 Å². The summed E-state index contributed by atoms with van der Waals surface area (Å²) in [7, 11) is 0. The Balaban J connectivity index is 3.01. The molecule has 1 rings (SSSR count). The van der Waals surface area contributed by atoms with Crippen molar-refractivity contribution in [3.8, 4) is 0 Å². The van der Waals surface area contributed by atoms with Crippen molar-refractivity contribution in [3.63, 3.8) is 0 Å². The van der Waals surface area contributed by atoms with Gasteiger partial charge in [-0.1, -0.05) is 35.3 Å². The molecule has 0 spiro atoms. The number of alkyl halides is 1. The van der Waals surface area contributed by atoms with E-state index in [4.69, 9.17) is 34.8 Å². The third-order valence-electron chi connectivity index (χ3n) is 2.75. The molecular weight excluding hydrogens is 319 g/mol. The van der Waals surface area contributed by atoms with Gasteiger partial charge in [-0.3, -0.25) is 9.59 Å². The number of carbonyl (C=O) groups is 2. The second-order valence-electron chi connectivity index (χ2n) is 4.33. The van der Waals surface area contributed by atoms with E-state index in [1.807, 2.05) is 0 Å². The number of Topliss-reactive ketones (excluding diaryl/α,β-unsaturated/α-hetero) is 2. The molecule has 0 amide bonds. The molecule has 0 unspecified atom stereocenters. The number of hydrogen-bond acceptors (Lipinski definition) is 2. The van der Waals surface area contributed by atoms with E-state index >= 15 is 0 Å². The molecule has 0 saturated carbocycles. The molecule has 0 fully saturated rings. The van der Waals surface area contributed by atoms with Crippen LogP contribution >= 0.6 is 34.8 Å². The van der Waals surface area contributed by atoms with Crippen molar-refractivity contribution in [1.29, 1.82) is 0 Å². The predicted octanol–water partition coefficient (Wildman–Crippen LogP) is 4.94. The molecule has 5 heteroatoms. The van der Waals surface area contributed by atoms with Gasteiger partial charge in [0.25, 0.3) is 0 Å². The zero-order valence-corrected chi connectivity index (χ0v) is 13.4. The molecule has 1 aromatic carbocycles. The van der Waals surface area contributed by atoms with Gasteiger partial charge in [-0.15, -0.1) is 11.6 Å². The smallest absolute Gasteiger partial charge is 0.166 e. The Labute approximate surface area is 133 Å². The van der Waals surface area contributed by atoms with Gasteiger partial charge in [-0.05, 0) is 37.5 Å². The molecule has 20 heavy (non-hydrogen) atoms. The van der Waals surface area contributed by atoms with Gasteiger partial charge >= 0.3 is 0 Å². The highest BCUT2D eigenvalue weighted by Gasteiger charge is 2.15. The Morgan fingerprint density at radius 3 is 2.50 bits per heavy atom. The fraction of sp³-hybridized carbons (Fsp3) is 0.333. The maximum atomic E-state index is 12.1. The van der Waals surface area contributed by atoms with Crippen LogP contribution in [-0.4, -0.2) is 17.4 Å². The Kier molecular flexibility index (Phi) is 7.28. The van der Waals surface area contributed by atoms with Gasteiger partial charge in [-0.25, -0.2) is 0 Å². The van der Waals surface area contributed by atoms with Crippen molar-refractivity contribution in [1.82, 2.24) is 0 Å². The minimum Gasteiger partial charge on any atom is -0.294 e. The lowest BCUT2D eigenvalue weighted by atomic mass is 10.00. The van der Waals surface area contributed by atoms with Crippen molar-refractivity contribution in [2.45, 2.75) is 26.2 Å². The van der Waals surface area contributed by atoms with E-state index in [1.165, 1.54) is 13.0 Å². The van der Waals surface area contributed by atoms with Crippen LogP contribution in [0, 0.1) is 0 Å². The zero-order chi connectivity index (χ0) is 15.1. The van der Waals surface area contributed by atoms with Crippen LogP contribution in [0.1, 0.15) is 31.7 Å². The topological polar surface area (TPSA) is 34.1 Å². The summed E-state index contributed by atoms with van der Waals surface area (Å²) < 4.78 is 0. The molecule has 0 saturated heterocycles. The molecule has 0 aromatic heterocycles. The molecule has 108 valence electrons. The Bertz CT molecular complexity index is 536. The molecule has 0 aliphatic heterocycles. The highest BCUT2D eigenvalue weighted by Crippen LogP contribution is 2.27. The zero-order valence-electron chi connectivity index (χ0n) is 11.1. The van der Waals surface area contributed by atoms with Crippen LogP contribution in [0.15, 0.2) is 23.8 Å². The number of halogens is 3. The van der Waals surface area contributed by atoms with Crippen LogP contribution in [0.4, 0.5) is 0 Å². The lowest BCUT2D eigenvalue weighted by Gasteiger charge is -2.05. The minimum absolute atomic E-state index is 0.142. The van der Waals surface area contributed by atoms with E-state index in [-0.39, 0.29) is 17.1 Å². The summed E-state index contributed by atoms with van der Waals surface area (Å²) in [6.45, 7) is 1.36. The Morgan fingerprint density at radius 2 is 1.90 bits per heavy atom. The van der Waals surface area contributed by atoms with Crippen molar-refractivity contribution in [2.75, 3.05) is 5.88 Å². The lowest BCUT2D eigenvalue weighted by molar-refractivity contribution is -0.120. The average Bonchev–Trinajstić information content (AvgIpc) is 2.40. The average molecular weight is 334 g/mol. The van der Waals surface area contributed by atoms with Crippen molar-refractivity contribution < 1.29 is 9.59 Å². The molecule has 0 aliphatic carbocycles. The first kappa shape index (κ1) is 17.2. The van der Waals surface area contributed by atoms with Gasteiger partial charge in [-0.2, -0.15) is 0 Å². The first-order chi connectivity index (χ1) is 9.47. The van der Waals surface area contributed by atoms with Crippen molar-refractivity contribution in [2.24, 2.45) is 0 Å². The fourth-order valence-electron chi connectivity index (χ4n) is 1.68. The van der Waals surface area contributed by atoms with Gasteiger partial charge < -0.3 is 0 Å². The van der Waals surface area contributed by atoms with Crippen molar-refractivity contribution in [3.05, 3.63) is 39.4 Å². The first-order valence-corrected chi connectivity index (χ1v) is 7.52. The number of unbranched alkanes of at least 4 members (excludes halogenated alkanes) is 1. The third-order valence-corrected chi connectivity index (χ3v) is 3.85. The van der Waals surface area contributed by atoms with Gasteiger partial charge in [0.15, 0.2) is 11.6 Å². The Hall–Kier alpha value is -0.830. The SMILES string of the molecule is CC(=O)/C(=C\c1cccc(Cl)c1Cl)C(=O)CCCCCl. The van der Waals surface area contributed by atoms with E-state index < -0.39 is 0 Å². The van der Waals surface area contributed by atoms with Crippen LogP contribution in [-0.2, 0) is 9.59 Å². The summed E-state index contributed by atoms with van der Waals surface area (Å²) in [4.78, 5) is 23.7. The monoisotopic (exact) mass is 332 g/mol. The summed E-state index contributed by atoms with van der Waals surface area (Å²) in [5.74, 6) is 0.0301. The summed E-state index contributed by atoms with van der Waals surface area (Å²) in [6, 6.07) is 5.08. The van der Waals surface area contributed by atoms with E-state index in [9.17, 15) is 9.59 Å². The van der Waals surface area contributed by atoms with E-state index in [1.54, 1.807) is 18.2 Å². The predicted molar refractivity (Wildman–Crippen MR) is 84.7 cm³/mol. The number of rotatable bonds is 7. The summed E-state index contributed by atoms with van der Waals surface area (Å²) in [5, 5.41) is 0.722. The van der Waals surface area contributed by atoms with E-state index in [0.717, 1.165) is 6.42 Å². The second kappa shape index (κ2) is 8.46. The number of hydrogen-bond donors (Lipinski definition) is 0. The second-order valence-corrected chi connectivity index (χ2v) is 5.49. The molecule has 0 radical (unpaired) electrons. The number of ketones is 2. The first-order valence-electron chi connectivity index (χ1n) is 6.23. The maximum Gasteiger partial charge on any atom is 0.166 e. The maximum absolute atomic E-state index is 12.1. The van der Waals surface area contributed by atoms with Crippen LogP contribution in [0.25, 0.3) is 6.08 Å². The molecular formula is C15H15Cl3O2. The normalized spacial score (nSPS) is 11.5. The Morgan fingerprint density at radius 1 is 1.20 bits per heavy atom. The van der Waals surface area contributed by atoms with Gasteiger partial charge in [0, 0.05) is 12.3 Å². The van der Waals surface area contributed by atoms with Gasteiger partial charge in [0.2, 0.25) is 0 Å². The third kappa shape index (κ3) is 4.93. The highest BCUT2D eigenvalue weighted by molar-refractivity contribution is 6.43. The highest BCUT2D eigenvalue weighted by atomic mass is 35.5. The number of carbonyl (C=O) groups excluding carboxylic acids is 2. The lowest BCUT2D eigenvalue weighted by Crippen LogP contribution is -2.10. The summed E-state index contributed by atoms with van der Waals surface area (Å²) in [6.07, 6.45) is 3.21. The number of benzene rings is 1. The molecule has 0 bridgehead atoms. The van der Waals surface area contributed by atoms with Crippen LogP contribution < -0.4 is 0 Å². The van der Waals surface area contributed by atoms with Crippen LogP contribution in [0.3, 0.4) is 0 Å². The van der Waals surface area contributed by atoms with Crippen LogP contribution in [0.5, 0.6) is 0 Å². The summed E-state index contributed by atoms with van der Waals surface area (Å²) >= 11 is 17.5. The largest absolute Gasteiger partial charge is 0.294 e. The molecule has 0 atom stereocenters. The standard InChI is InChI=1S/C15H15Cl3O2/c1-10(19)12(14(20)7-2-3-8-16)9-11-5-4-6-13(17)15(11)18/h4-6,9H,2-3,7-8H2,1H3/b12-9+. The van der Waals surface area contributed by atoms with Gasteiger partial charge in [0.05, 0.1) is 15.6 Å². The fourth-order valence-corrected chi connectivity index (χ4v) is 2.23. The van der Waals surface area contributed by atoms with Crippen LogP contribution in [0.2, 0.25) is 10.0 Å². The molecule has 0 N–H and O–H groups in total. The quantitative estimate of drug-likeness (QED) is 0.233. The van der Waals surface area contributed by atoms with Crippen molar-refractivity contribution >= 4 is 52.4 Å². The minimum atomic E-state index is -0.281. The molecule has 0 aliphatic rings. The van der Waals surface area contributed by atoms with E-state index in [2.05, 4.69) is 0 Å². The summed E-state index contributed by atoms with van der Waals surface area (Å²) in [5.41, 5.74) is 0.707. The van der Waals surface area contributed by atoms with Gasteiger partial charge in [0.1, 0.15) is 0 Å². The molecule has 2 nitrogen and oxygen atoms in total.